The molecule has 1 atom stereocenters. The van der Waals surface area contributed by atoms with Gasteiger partial charge in [-0.05, 0) is 30.9 Å². The fourth-order valence-electron chi connectivity index (χ4n) is 1.70. The summed E-state index contributed by atoms with van der Waals surface area (Å²) in [5.74, 6) is 0.793. The highest BCUT2D eigenvalue weighted by Gasteiger charge is 2.30. The van der Waals surface area contributed by atoms with E-state index >= 15 is 0 Å². The van der Waals surface area contributed by atoms with Crippen LogP contribution < -0.4 is 5.32 Å². The van der Waals surface area contributed by atoms with Gasteiger partial charge in [-0.1, -0.05) is 0 Å². The fourth-order valence-corrected chi connectivity index (χ4v) is 1.70. The first-order valence-electron chi connectivity index (χ1n) is 5.39. The maximum Gasteiger partial charge on any atom is 0.0769 e. The van der Waals surface area contributed by atoms with Crippen molar-refractivity contribution < 1.29 is 4.74 Å². The van der Waals surface area contributed by atoms with Crippen molar-refractivity contribution in [1.82, 2.24) is 15.5 Å². The van der Waals surface area contributed by atoms with Gasteiger partial charge in [0.25, 0.3) is 0 Å². The highest BCUT2D eigenvalue weighted by atomic mass is 16.5. The Bertz CT molecular complexity index is 287. The standard InChI is InChI=1S/C11H17N3O/c1-15-8-11(9-4-5-9)12-7-10-3-2-6-13-14-10/h2-3,6,9,11-12H,4-5,7-8H2,1H3. The van der Waals surface area contributed by atoms with E-state index in [1.54, 1.807) is 13.3 Å². The highest BCUT2D eigenvalue weighted by Crippen LogP contribution is 2.32. The Morgan fingerprint density at radius 1 is 1.60 bits per heavy atom. The van der Waals surface area contributed by atoms with Crippen molar-refractivity contribution >= 4 is 0 Å². The first kappa shape index (κ1) is 10.5. The van der Waals surface area contributed by atoms with Crippen molar-refractivity contribution in [2.75, 3.05) is 13.7 Å². The zero-order valence-corrected chi connectivity index (χ0v) is 9.02. The summed E-state index contributed by atoms with van der Waals surface area (Å²) < 4.78 is 5.20. The molecule has 0 bridgehead atoms. The molecule has 82 valence electrons. The minimum atomic E-state index is 0.469. The Labute approximate surface area is 90.1 Å². The Morgan fingerprint density at radius 3 is 3.07 bits per heavy atom. The zero-order valence-electron chi connectivity index (χ0n) is 9.02. The van der Waals surface area contributed by atoms with Gasteiger partial charge >= 0.3 is 0 Å². The van der Waals surface area contributed by atoms with E-state index in [1.807, 2.05) is 12.1 Å². The molecule has 0 saturated heterocycles. The maximum absolute atomic E-state index is 5.20. The summed E-state index contributed by atoms with van der Waals surface area (Å²) in [6.45, 7) is 1.56. The summed E-state index contributed by atoms with van der Waals surface area (Å²) in [7, 11) is 1.75. The summed E-state index contributed by atoms with van der Waals surface area (Å²) >= 11 is 0. The molecular formula is C11H17N3O. The SMILES string of the molecule is COCC(NCc1cccnn1)C1CC1. The lowest BCUT2D eigenvalue weighted by Crippen LogP contribution is -2.34. The largest absolute Gasteiger partial charge is 0.383 e. The van der Waals surface area contributed by atoms with E-state index in [9.17, 15) is 0 Å². The second-order valence-corrected chi connectivity index (χ2v) is 4.00. The number of hydrogen-bond acceptors (Lipinski definition) is 4. The van der Waals surface area contributed by atoms with Crippen molar-refractivity contribution in [3.05, 3.63) is 24.0 Å². The van der Waals surface area contributed by atoms with Gasteiger partial charge in [0.05, 0.1) is 12.3 Å². The third kappa shape index (κ3) is 3.25. The van der Waals surface area contributed by atoms with E-state index in [2.05, 4.69) is 15.5 Å². The van der Waals surface area contributed by atoms with Crippen LogP contribution in [0.1, 0.15) is 18.5 Å². The van der Waals surface area contributed by atoms with Gasteiger partial charge in [0.1, 0.15) is 0 Å². The Kier molecular flexibility index (Phi) is 3.64. The monoisotopic (exact) mass is 207 g/mol. The number of ether oxygens (including phenoxy) is 1. The molecule has 1 aliphatic rings. The van der Waals surface area contributed by atoms with Crippen LogP contribution in [0.5, 0.6) is 0 Å². The topological polar surface area (TPSA) is 47.0 Å². The van der Waals surface area contributed by atoms with Gasteiger partial charge < -0.3 is 10.1 Å². The van der Waals surface area contributed by atoms with Gasteiger partial charge in [-0.3, -0.25) is 0 Å². The van der Waals surface area contributed by atoms with E-state index < -0.39 is 0 Å². The Hall–Kier alpha value is -1.00. The van der Waals surface area contributed by atoms with Gasteiger partial charge in [0, 0.05) is 25.9 Å². The third-order valence-electron chi connectivity index (χ3n) is 2.71. The molecule has 1 saturated carbocycles. The van der Waals surface area contributed by atoms with Crippen molar-refractivity contribution in [2.24, 2.45) is 5.92 Å². The molecule has 4 nitrogen and oxygen atoms in total. The van der Waals surface area contributed by atoms with Crippen LogP contribution in [0.15, 0.2) is 18.3 Å². The van der Waals surface area contributed by atoms with Crippen LogP contribution >= 0.6 is 0 Å². The average Bonchev–Trinajstić information content (AvgIpc) is 3.09. The number of rotatable bonds is 6. The molecule has 4 heteroatoms. The van der Waals surface area contributed by atoms with Crippen molar-refractivity contribution in [2.45, 2.75) is 25.4 Å². The van der Waals surface area contributed by atoms with Crippen molar-refractivity contribution in [3.63, 3.8) is 0 Å². The molecule has 0 amide bonds. The molecule has 1 unspecified atom stereocenters. The molecular weight excluding hydrogens is 190 g/mol. The zero-order chi connectivity index (χ0) is 10.5. The summed E-state index contributed by atoms with van der Waals surface area (Å²) in [5, 5.41) is 11.4. The van der Waals surface area contributed by atoms with Gasteiger partial charge in [0.15, 0.2) is 0 Å². The number of hydrogen-bond donors (Lipinski definition) is 1. The van der Waals surface area contributed by atoms with Gasteiger partial charge in [0.2, 0.25) is 0 Å². The van der Waals surface area contributed by atoms with Crippen LogP contribution in [0.4, 0.5) is 0 Å². The molecule has 1 aromatic heterocycles. The first-order chi connectivity index (χ1) is 7.40. The normalized spacial score (nSPS) is 17.7. The van der Waals surface area contributed by atoms with Gasteiger partial charge in [-0.2, -0.15) is 10.2 Å². The maximum atomic E-state index is 5.20. The predicted octanol–water partition coefficient (Wildman–Crippen LogP) is 0.991. The molecule has 1 N–H and O–H groups in total. The molecule has 0 aromatic carbocycles. The lowest BCUT2D eigenvalue weighted by Gasteiger charge is -2.16. The summed E-state index contributed by atoms with van der Waals surface area (Å²) in [6.07, 6.45) is 4.33. The smallest absolute Gasteiger partial charge is 0.0769 e. The van der Waals surface area contributed by atoms with E-state index in [0.29, 0.717) is 6.04 Å². The molecule has 2 rings (SSSR count). The van der Waals surface area contributed by atoms with Crippen LogP contribution in [0, 0.1) is 5.92 Å². The van der Waals surface area contributed by atoms with Crippen molar-refractivity contribution in [3.8, 4) is 0 Å². The van der Waals surface area contributed by atoms with E-state index in [-0.39, 0.29) is 0 Å². The molecule has 0 radical (unpaired) electrons. The average molecular weight is 207 g/mol. The van der Waals surface area contributed by atoms with Crippen LogP contribution in [-0.4, -0.2) is 30.0 Å². The van der Waals surface area contributed by atoms with Crippen LogP contribution in [0.3, 0.4) is 0 Å². The Morgan fingerprint density at radius 2 is 2.47 bits per heavy atom. The van der Waals surface area contributed by atoms with E-state index in [1.165, 1.54) is 12.8 Å². The molecule has 1 aliphatic carbocycles. The fraction of sp³-hybridized carbons (Fsp3) is 0.636. The summed E-state index contributed by atoms with van der Waals surface area (Å²) in [4.78, 5) is 0. The number of aromatic nitrogens is 2. The van der Waals surface area contributed by atoms with E-state index in [4.69, 9.17) is 4.74 Å². The first-order valence-corrected chi connectivity index (χ1v) is 5.39. The lowest BCUT2D eigenvalue weighted by molar-refractivity contribution is 0.156. The molecule has 1 fully saturated rings. The van der Waals surface area contributed by atoms with Gasteiger partial charge in [-0.15, -0.1) is 0 Å². The van der Waals surface area contributed by atoms with Crippen LogP contribution in [-0.2, 0) is 11.3 Å². The molecule has 15 heavy (non-hydrogen) atoms. The Balaban J connectivity index is 1.80. The second-order valence-electron chi connectivity index (χ2n) is 4.00. The van der Waals surface area contributed by atoms with Crippen LogP contribution in [0.25, 0.3) is 0 Å². The molecule has 1 heterocycles. The third-order valence-corrected chi connectivity index (χ3v) is 2.71. The van der Waals surface area contributed by atoms with Crippen LogP contribution in [0.2, 0.25) is 0 Å². The van der Waals surface area contributed by atoms with Gasteiger partial charge in [-0.25, -0.2) is 0 Å². The minimum absolute atomic E-state index is 0.469. The molecule has 1 aromatic rings. The summed E-state index contributed by atoms with van der Waals surface area (Å²) in [6, 6.07) is 4.36. The minimum Gasteiger partial charge on any atom is -0.383 e. The highest BCUT2D eigenvalue weighted by molar-refractivity contribution is 4.99. The molecule has 0 spiro atoms. The lowest BCUT2D eigenvalue weighted by atomic mass is 10.2. The second kappa shape index (κ2) is 5.19. The summed E-state index contributed by atoms with van der Waals surface area (Å²) in [5.41, 5.74) is 0.985. The van der Waals surface area contributed by atoms with E-state index in [0.717, 1.165) is 24.8 Å². The number of nitrogens with zero attached hydrogens (tertiary/aromatic N) is 2. The predicted molar refractivity (Wildman–Crippen MR) is 57.3 cm³/mol. The number of methoxy groups -OCH3 is 1. The molecule has 0 aliphatic heterocycles. The number of nitrogens with one attached hydrogen (secondary N) is 1. The quantitative estimate of drug-likeness (QED) is 0.755. The van der Waals surface area contributed by atoms with Crippen molar-refractivity contribution in [1.29, 1.82) is 0 Å².